The van der Waals surface area contributed by atoms with Crippen LogP contribution < -0.4 is 4.74 Å². The zero-order valence-electron chi connectivity index (χ0n) is 13.3. The van der Waals surface area contributed by atoms with Crippen LogP contribution in [0.15, 0.2) is 54.6 Å². The predicted octanol–water partition coefficient (Wildman–Crippen LogP) is 2.16. The quantitative estimate of drug-likeness (QED) is 0.592. The van der Waals surface area contributed by atoms with Crippen LogP contribution in [0.1, 0.15) is 22.3 Å². The standard InChI is InChI=1S/C19H16O6/c20-17(25-16-10-11-23-19(16)22)12-24-15-8-6-14(7-9-15)18(21)13-4-2-1-3-5-13/h1-9,16H,10-12H2/t16-/m0/s1. The van der Waals surface area contributed by atoms with Crippen molar-refractivity contribution in [3.63, 3.8) is 0 Å². The van der Waals surface area contributed by atoms with Crippen LogP contribution in [0.4, 0.5) is 0 Å². The van der Waals surface area contributed by atoms with Crippen molar-refractivity contribution in [2.75, 3.05) is 13.2 Å². The van der Waals surface area contributed by atoms with Crippen molar-refractivity contribution in [3.8, 4) is 5.75 Å². The summed E-state index contributed by atoms with van der Waals surface area (Å²) in [5.41, 5.74) is 1.12. The smallest absolute Gasteiger partial charge is 0.347 e. The average Bonchev–Trinajstić information content (AvgIpc) is 3.05. The molecule has 0 unspecified atom stereocenters. The third-order valence-electron chi connectivity index (χ3n) is 3.67. The van der Waals surface area contributed by atoms with Gasteiger partial charge in [0.25, 0.3) is 0 Å². The van der Waals surface area contributed by atoms with E-state index in [1.54, 1.807) is 48.5 Å². The Morgan fingerprint density at radius 2 is 1.68 bits per heavy atom. The van der Waals surface area contributed by atoms with Gasteiger partial charge in [0.2, 0.25) is 6.10 Å². The van der Waals surface area contributed by atoms with Gasteiger partial charge in [0.05, 0.1) is 6.61 Å². The Hall–Kier alpha value is -3.15. The van der Waals surface area contributed by atoms with Crippen LogP contribution in [0.25, 0.3) is 0 Å². The molecule has 0 bridgehead atoms. The minimum atomic E-state index is -0.845. The van der Waals surface area contributed by atoms with Crippen LogP contribution in [0, 0.1) is 0 Å². The van der Waals surface area contributed by atoms with Gasteiger partial charge >= 0.3 is 11.9 Å². The summed E-state index contributed by atoms with van der Waals surface area (Å²) in [6, 6.07) is 15.4. The monoisotopic (exact) mass is 340 g/mol. The number of carbonyl (C=O) groups excluding carboxylic acids is 3. The van der Waals surface area contributed by atoms with Gasteiger partial charge in [-0.3, -0.25) is 4.79 Å². The lowest BCUT2D eigenvalue weighted by Gasteiger charge is -2.10. The topological polar surface area (TPSA) is 78.9 Å². The van der Waals surface area contributed by atoms with Crippen LogP contribution >= 0.6 is 0 Å². The van der Waals surface area contributed by atoms with Gasteiger partial charge in [0.1, 0.15) is 5.75 Å². The highest BCUT2D eigenvalue weighted by molar-refractivity contribution is 6.08. The van der Waals surface area contributed by atoms with Crippen molar-refractivity contribution in [2.24, 2.45) is 0 Å². The normalized spacial score (nSPS) is 16.2. The number of esters is 2. The lowest BCUT2D eigenvalue weighted by Crippen LogP contribution is -2.26. The highest BCUT2D eigenvalue weighted by atomic mass is 16.6. The molecule has 128 valence electrons. The number of hydrogen-bond acceptors (Lipinski definition) is 6. The first kappa shape index (κ1) is 16.7. The Morgan fingerprint density at radius 1 is 1.00 bits per heavy atom. The summed E-state index contributed by atoms with van der Waals surface area (Å²) in [6.45, 7) is -0.0652. The maximum absolute atomic E-state index is 12.3. The van der Waals surface area contributed by atoms with E-state index >= 15 is 0 Å². The van der Waals surface area contributed by atoms with Gasteiger partial charge in [-0.2, -0.15) is 0 Å². The minimum absolute atomic E-state index is 0.0914. The third kappa shape index (κ3) is 4.23. The summed E-state index contributed by atoms with van der Waals surface area (Å²) >= 11 is 0. The van der Waals surface area contributed by atoms with E-state index in [0.29, 0.717) is 23.3 Å². The zero-order chi connectivity index (χ0) is 17.6. The first-order chi connectivity index (χ1) is 12.1. The lowest BCUT2D eigenvalue weighted by atomic mass is 10.0. The van der Waals surface area contributed by atoms with Crippen LogP contribution in [-0.2, 0) is 19.1 Å². The van der Waals surface area contributed by atoms with E-state index < -0.39 is 18.0 Å². The van der Waals surface area contributed by atoms with Gasteiger partial charge in [-0.05, 0) is 24.3 Å². The molecule has 6 nitrogen and oxygen atoms in total. The molecule has 1 aliphatic rings. The van der Waals surface area contributed by atoms with Crippen molar-refractivity contribution in [1.82, 2.24) is 0 Å². The van der Waals surface area contributed by atoms with Gasteiger partial charge in [-0.15, -0.1) is 0 Å². The van der Waals surface area contributed by atoms with Gasteiger partial charge in [0.15, 0.2) is 12.4 Å². The van der Waals surface area contributed by atoms with E-state index in [1.165, 1.54) is 0 Å². The van der Waals surface area contributed by atoms with E-state index in [-0.39, 0.29) is 19.0 Å². The molecule has 0 N–H and O–H groups in total. The number of hydrogen-bond donors (Lipinski definition) is 0. The van der Waals surface area contributed by atoms with E-state index in [2.05, 4.69) is 0 Å². The van der Waals surface area contributed by atoms with Crippen molar-refractivity contribution in [2.45, 2.75) is 12.5 Å². The number of ketones is 1. The molecule has 0 aliphatic carbocycles. The fraction of sp³-hybridized carbons (Fsp3) is 0.211. The first-order valence-electron chi connectivity index (χ1n) is 7.82. The number of ether oxygens (including phenoxy) is 3. The van der Waals surface area contributed by atoms with Gasteiger partial charge in [0, 0.05) is 17.5 Å². The maximum Gasteiger partial charge on any atom is 0.347 e. The molecule has 25 heavy (non-hydrogen) atoms. The molecule has 2 aromatic carbocycles. The molecule has 0 amide bonds. The molecular formula is C19H16O6. The van der Waals surface area contributed by atoms with Crippen LogP contribution in [0.3, 0.4) is 0 Å². The molecule has 0 spiro atoms. The van der Waals surface area contributed by atoms with Crippen molar-refractivity contribution < 1.29 is 28.6 Å². The van der Waals surface area contributed by atoms with Crippen LogP contribution in [0.2, 0.25) is 0 Å². The van der Waals surface area contributed by atoms with E-state index in [0.717, 1.165) is 0 Å². The van der Waals surface area contributed by atoms with E-state index in [1.807, 2.05) is 6.07 Å². The van der Waals surface area contributed by atoms with Crippen molar-refractivity contribution in [3.05, 3.63) is 65.7 Å². The zero-order valence-corrected chi connectivity index (χ0v) is 13.3. The second-order valence-corrected chi connectivity index (χ2v) is 5.44. The lowest BCUT2D eigenvalue weighted by molar-refractivity contribution is -0.161. The Balaban J connectivity index is 1.53. The summed E-state index contributed by atoms with van der Waals surface area (Å²) < 4.78 is 15.0. The SMILES string of the molecule is O=C(COc1ccc(C(=O)c2ccccc2)cc1)O[C@H]1CCOC1=O. The predicted molar refractivity (Wildman–Crippen MR) is 87.3 cm³/mol. The molecule has 3 rings (SSSR count). The number of cyclic esters (lactones) is 1. The second kappa shape index (κ2) is 7.61. The average molecular weight is 340 g/mol. The molecule has 1 atom stereocenters. The van der Waals surface area contributed by atoms with Crippen molar-refractivity contribution >= 4 is 17.7 Å². The first-order valence-corrected chi connectivity index (χ1v) is 7.82. The van der Waals surface area contributed by atoms with Gasteiger partial charge in [-0.1, -0.05) is 30.3 Å². The summed E-state index contributed by atoms with van der Waals surface area (Å²) in [5, 5.41) is 0. The summed E-state index contributed by atoms with van der Waals surface area (Å²) in [5.74, 6) is -0.840. The highest BCUT2D eigenvalue weighted by Crippen LogP contribution is 2.16. The molecule has 1 heterocycles. The summed E-state index contributed by atoms with van der Waals surface area (Å²) in [4.78, 5) is 35.2. The largest absolute Gasteiger partial charge is 0.482 e. The fourth-order valence-electron chi connectivity index (χ4n) is 2.38. The minimum Gasteiger partial charge on any atom is -0.482 e. The molecule has 0 saturated carbocycles. The molecule has 1 fully saturated rings. The molecule has 6 heteroatoms. The second-order valence-electron chi connectivity index (χ2n) is 5.44. The van der Waals surface area contributed by atoms with Gasteiger partial charge in [-0.25, -0.2) is 9.59 Å². The maximum atomic E-state index is 12.3. The fourth-order valence-corrected chi connectivity index (χ4v) is 2.38. The molecule has 1 saturated heterocycles. The summed E-state index contributed by atoms with van der Waals surface area (Å²) in [6.07, 6.45) is -0.483. The Morgan fingerprint density at radius 3 is 2.32 bits per heavy atom. The number of benzene rings is 2. The molecule has 1 aliphatic heterocycles. The molecule has 2 aromatic rings. The van der Waals surface area contributed by atoms with Crippen molar-refractivity contribution in [1.29, 1.82) is 0 Å². The van der Waals surface area contributed by atoms with Gasteiger partial charge < -0.3 is 14.2 Å². The Labute approximate surface area is 144 Å². The number of carbonyl (C=O) groups is 3. The molecular weight excluding hydrogens is 324 g/mol. The summed E-state index contributed by atoms with van der Waals surface area (Å²) in [7, 11) is 0. The third-order valence-corrected chi connectivity index (χ3v) is 3.67. The Kier molecular flexibility index (Phi) is 5.09. The van der Waals surface area contributed by atoms with E-state index in [4.69, 9.17) is 14.2 Å². The Bertz CT molecular complexity index is 766. The highest BCUT2D eigenvalue weighted by Gasteiger charge is 2.30. The molecule has 0 radical (unpaired) electrons. The number of rotatable bonds is 6. The van der Waals surface area contributed by atoms with Crippen LogP contribution in [0.5, 0.6) is 5.75 Å². The van der Waals surface area contributed by atoms with E-state index in [9.17, 15) is 14.4 Å². The van der Waals surface area contributed by atoms with Crippen LogP contribution in [-0.4, -0.2) is 37.0 Å². The molecule has 0 aromatic heterocycles.